The monoisotopic (exact) mass is 1530 g/mol. The lowest BCUT2D eigenvalue weighted by atomic mass is 9.95. The average molecular weight is 1530 g/mol. The third-order valence-electron chi connectivity index (χ3n) is 18.3. The van der Waals surface area contributed by atoms with Crippen LogP contribution in [0.3, 0.4) is 0 Å². The van der Waals surface area contributed by atoms with Crippen LogP contribution in [0.4, 0.5) is 0 Å². The zero-order valence-electron chi connectivity index (χ0n) is 54.9. The smallest absolute Gasteiger partial charge is 0.320 e. The Morgan fingerprint density at radius 1 is 0.451 bits per heavy atom. The highest BCUT2D eigenvalue weighted by atomic mass is 32.2. The summed E-state index contributed by atoms with van der Waals surface area (Å²) in [6.07, 6.45) is -67.1. The molecular weight excluding hydrogens is 1430 g/mol. The SMILES string of the molecule is CNC(CCSCC1O[C@H]2O[C@@H]3C(CO)O[C@H](O[C@]4(O)CO[C@H](O[C@@H]5C(CO)O[C@H](O[C@@H]6C(CSCC(CC(=O)CCOCCOCCC(C)=O)C(=O)O)O[C@H](O[C@]7(O)CO[C@@H](O[C@@H]8C(CO)O[C@@H](O[C@H]1[C@H](O)C2O)C(O)[C@@H]8O)C(O)[C@H]7O)C(O)[C@H]6O)C(O)[C@H]5O)C(O)[C@H]4O)C(O)[C@H]3O)C(=O)O. The molecule has 22 N–H and O–H groups in total. The number of hydrogen-bond donors (Lipinski definition) is 22. The minimum absolute atomic E-state index is 0.0000253. The van der Waals surface area contributed by atoms with Crippen LogP contribution in [0.5, 0.6) is 0 Å². The molecule has 0 saturated carbocycles. The molecule has 0 aromatic carbocycles. The molecule has 14 unspecified atom stereocenters. The van der Waals surface area contributed by atoms with E-state index in [-0.39, 0.29) is 68.7 Å². The van der Waals surface area contributed by atoms with Crippen LogP contribution in [-0.4, -0.2) is 428 Å². The summed E-state index contributed by atoms with van der Waals surface area (Å²) in [4.78, 5) is 48.5. The molecule has 21 rings (SSSR count). The fourth-order valence-electron chi connectivity index (χ4n) is 12.3. The van der Waals surface area contributed by atoms with Gasteiger partial charge >= 0.3 is 11.9 Å². The Labute approximate surface area is 588 Å². The Kier molecular flexibility index (Phi) is 31.9. The predicted molar refractivity (Wildman–Crippen MR) is 327 cm³/mol. The van der Waals surface area contributed by atoms with E-state index in [0.29, 0.717) is 0 Å². The Morgan fingerprint density at radius 3 is 1.19 bits per heavy atom. The topological polar surface area (TPSA) is 653 Å². The molecule has 21 fully saturated rings. The van der Waals surface area contributed by atoms with E-state index < -0.39 is 277 Å². The summed E-state index contributed by atoms with van der Waals surface area (Å²) in [7, 11) is 1.40. The maximum Gasteiger partial charge on any atom is 0.320 e. The number of carboxylic acids is 2. The van der Waals surface area contributed by atoms with Crippen molar-refractivity contribution in [2.45, 2.75) is 241 Å². The van der Waals surface area contributed by atoms with Crippen molar-refractivity contribution in [3.05, 3.63) is 0 Å². The van der Waals surface area contributed by atoms with E-state index >= 15 is 0 Å². The third-order valence-corrected chi connectivity index (χ3v) is 20.6. The van der Waals surface area contributed by atoms with Crippen LogP contribution in [0.1, 0.15) is 32.6 Å². The van der Waals surface area contributed by atoms with Gasteiger partial charge < -0.3 is 188 Å². The number of aliphatic hydroxyl groups is 19. The lowest BCUT2D eigenvalue weighted by molar-refractivity contribution is -0.434. The van der Waals surface area contributed by atoms with Gasteiger partial charge in [-0.05, 0) is 26.1 Å². The van der Waals surface area contributed by atoms with Crippen LogP contribution >= 0.6 is 23.5 Å². The second kappa shape index (κ2) is 38.3. The number of aliphatic carboxylic acids is 2. The minimum Gasteiger partial charge on any atom is -0.481 e. The number of carbonyl (C=O) groups excluding carboxylic acids is 2. The van der Waals surface area contributed by atoms with E-state index in [1.54, 1.807) is 0 Å². The molecule has 0 aliphatic carbocycles. The molecule has 42 nitrogen and oxygen atoms in total. The fourth-order valence-corrected chi connectivity index (χ4v) is 14.5. The molecule has 0 radical (unpaired) electrons. The summed E-state index contributed by atoms with van der Waals surface area (Å²) in [6.45, 7) is -4.21. The van der Waals surface area contributed by atoms with Gasteiger partial charge in [0.15, 0.2) is 44.0 Å². The Bertz CT molecular complexity index is 2630. The lowest BCUT2D eigenvalue weighted by Crippen LogP contribution is -2.69. The molecule has 14 bridgehead atoms. The maximum absolute atomic E-state index is 13.0. The average Bonchev–Trinajstić information content (AvgIpc) is 0.777. The van der Waals surface area contributed by atoms with Crippen LogP contribution in [0, 0.1) is 5.92 Å². The Balaban J connectivity index is 1.06. The zero-order valence-corrected chi connectivity index (χ0v) is 56.6. The standard InChI is InChI=1S/C58H95NO41S2/c1-20(63)3-6-85-8-9-86-7-4-22(64)11-21(48(79)80)15-102-17-28-45-33(69)38(74)56(93-28)100-58(84)19-88-51(40(76)47(58)78)95-41-24(12-60)89-52(34(70)29(41)65)97-44-27(16-101-10-5-23(59-2)49(81)82)92-54(36(72)31(44)67)96-43-26(14-62)91-55(37(73)32(43)68)99-57(83)18-87-50(39(75)46(57)77)94-42-25(13-61)90-53(98-45)35(71)30(42)66/h21,23-47,50-56,59-62,65-78,83-84H,3-19H2,1-2H3,(H,79,80)(H,81,82)/t21?,23?,24?,25?,26?,27?,28?,29-,30+,31+,32+,33+,34?,35?,36?,37?,38?,39?,40?,41+,42+,43+,44+,45+,46+,47+,50+,51-,52-,53+,54-,55+,56+,57+,58+/m0/s1. The van der Waals surface area contributed by atoms with E-state index in [1.165, 1.54) is 14.0 Å². The number of thioether (sulfide) groups is 2. The van der Waals surface area contributed by atoms with E-state index in [0.717, 1.165) is 23.5 Å². The molecule has 0 spiro atoms. The van der Waals surface area contributed by atoms with Crippen LogP contribution in [0.2, 0.25) is 0 Å². The second-order valence-electron chi connectivity index (χ2n) is 25.6. The molecule has 21 aliphatic rings. The Morgan fingerprint density at radius 2 is 0.804 bits per heavy atom. The van der Waals surface area contributed by atoms with E-state index in [9.17, 15) is 126 Å². The maximum atomic E-state index is 13.0. The molecule has 102 heavy (non-hydrogen) atoms. The molecule has 21 saturated heterocycles. The van der Waals surface area contributed by atoms with Gasteiger partial charge in [-0.15, -0.1) is 0 Å². The largest absolute Gasteiger partial charge is 0.481 e. The molecule has 21 heterocycles. The lowest BCUT2D eigenvalue weighted by Gasteiger charge is -2.50. The number of hydrogen-bond acceptors (Lipinski definition) is 42. The summed E-state index contributed by atoms with van der Waals surface area (Å²) in [5.74, 6) is -12.1. The minimum atomic E-state index is -3.18. The van der Waals surface area contributed by atoms with Crippen molar-refractivity contribution in [1.29, 1.82) is 0 Å². The number of nitrogens with one attached hydrogen (secondary N) is 1. The first-order valence-electron chi connectivity index (χ1n) is 32.7. The summed E-state index contributed by atoms with van der Waals surface area (Å²) in [6, 6.07) is -1.04. The van der Waals surface area contributed by atoms with E-state index in [2.05, 4.69) is 5.32 Å². The van der Waals surface area contributed by atoms with E-state index in [1.807, 2.05) is 0 Å². The van der Waals surface area contributed by atoms with Gasteiger partial charge in [-0.25, -0.2) is 0 Å². The summed E-state index contributed by atoms with van der Waals surface area (Å²) in [5.41, 5.74) is 0. The zero-order chi connectivity index (χ0) is 74.8. The van der Waals surface area contributed by atoms with Crippen LogP contribution < -0.4 is 5.32 Å². The molecule has 0 aromatic rings. The molecule has 0 aromatic heterocycles. The number of carbonyl (C=O) groups is 4. The Hall–Kier alpha value is -2.46. The normalized spacial score (nSPS) is 45.2. The van der Waals surface area contributed by atoms with Crippen molar-refractivity contribution in [2.24, 2.45) is 5.92 Å². The number of ketones is 2. The first-order valence-corrected chi connectivity index (χ1v) is 35.0. The predicted octanol–water partition coefficient (Wildman–Crippen LogP) is -12.7. The molecule has 44 heteroatoms. The molecular formula is C58H95NO41S2. The highest BCUT2D eigenvalue weighted by molar-refractivity contribution is 7.99. The third kappa shape index (κ3) is 20.3. The first kappa shape index (κ1) is 85.2. The van der Waals surface area contributed by atoms with Gasteiger partial charge in [0, 0.05) is 36.5 Å². The number of aliphatic hydroxyl groups excluding tert-OH is 17. The number of Topliss-reactive ketones (excluding diaryl/α,β-unsaturated/α-hetero) is 2. The molecule has 590 valence electrons. The van der Waals surface area contributed by atoms with Gasteiger partial charge in [0.05, 0.1) is 64.4 Å². The van der Waals surface area contributed by atoms with Crippen LogP contribution in [0.15, 0.2) is 0 Å². The van der Waals surface area contributed by atoms with Crippen LogP contribution in [0.25, 0.3) is 0 Å². The van der Waals surface area contributed by atoms with Crippen molar-refractivity contribution >= 4 is 47.0 Å². The van der Waals surface area contributed by atoms with E-state index in [4.69, 9.17) is 75.8 Å². The molecule has 35 atom stereocenters. The number of rotatable bonds is 26. The fraction of sp³-hybridized carbons (Fsp3) is 0.931. The van der Waals surface area contributed by atoms with Crippen LogP contribution in [-0.2, 0) is 95.0 Å². The van der Waals surface area contributed by atoms with Gasteiger partial charge in [0.25, 0.3) is 0 Å². The van der Waals surface area contributed by atoms with Crippen molar-refractivity contribution < 1.29 is 202 Å². The van der Waals surface area contributed by atoms with Gasteiger partial charge in [-0.2, -0.15) is 23.5 Å². The number of ether oxygens (including phenoxy) is 16. The summed E-state index contributed by atoms with van der Waals surface area (Å²) in [5, 5.41) is 240. The highest BCUT2D eigenvalue weighted by Gasteiger charge is 2.61. The van der Waals surface area contributed by atoms with Crippen molar-refractivity contribution in [3.63, 3.8) is 0 Å². The molecule has 0 amide bonds. The summed E-state index contributed by atoms with van der Waals surface area (Å²) < 4.78 is 91.6. The second-order valence-corrected chi connectivity index (χ2v) is 27.8. The summed E-state index contributed by atoms with van der Waals surface area (Å²) >= 11 is 1.76. The first-order chi connectivity index (χ1) is 48.3. The number of carboxylic acid groups (broad SMARTS) is 2. The van der Waals surface area contributed by atoms with Gasteiger partial charge in [0.1, 0.15) is 165 Å². The van der Waals surface area contributed by atoms with Gasteiger partial charge in [-0.3, -0.25) is 19.2 Å². The van der Waals surface area contributed by atoms with Crippen molar-refractivity contribution in [2.75, 3.05) is 89.5 Å². The number of likely N-dealkylation sites (N-methyl/N-ethyl adjacent to an activating group) is 1. The van der Waals surface area contributed by atoms with Crippen molar-refractivity contribution in [3.8, 4) is 0 Å². The molecule has 21 aliphatic heterocycles. The van der Waals surface area contributed by atoms with Gasteiger partial charge in [-0.1, -0.05) is 0 Å². The quantitative estimate of drug-likeness (QED) is 0.0358. The van der Waals surface area contributed by atoms with Gasteiger partial charge in [0.2, 0.25) is 11.6 Å². The van der Waals surface area contributed by atoms with Crippen molar-refractivity contribution in [1.82, 2.24) is 5.32 Å². The highest BCUT2D eigenvalue weighted by Crippen LogP contribution is 2.41.